The number of H-pyrrole nitrogens is 1. The van der Waals surface area contributed by atoms with Crippen LogP contribution in [0.4, 0.5) is 14.5 Å². The van der Waals surface area contributed by atoms with Crippen LogP contribution in [0, 0.1) is 11.6 Å². The topological polar surface area (TPSA) is 97.9 Å². The van der Waals surface area contributed by atoms with Gasteiger partial charge in [-0.2, -0.15) is 0 Å². The summed E-state index contributed by atoms with van der Waals surface area (Å²) in [5.41, 5.74) is 0.398. The third-order valence-corrected chi connectivity index (χ3v) is 5.10. The van der Waals surface area contributed by atoms with Gasteiger partial charge in [-0.3, -0.25) is 9.00 Å². The highest BCUT2D eigenvalue weighted by Crippen LogP contribution is 2.29. The Kier molecular flexibility index (Phi) is 5.33. The molecule has 0 saturated heterocycles. The summed E-state index contributed by atoms with van der Waals surface area (Å²) in [6, 6.07) is 10.3. The van der Waals surface area contributed by atoms with Crippen molar-refractivity contribution in [3.8, 4) is 11.1 Å². The fourth-order valence-electron chi connectivity index (χ4n) is 3.06. The average Bonchev–Trinajstić information content (AvgIpc) is 3.14. The molecule has 1 unspecified atom stereocenters. The number of carbonyl (C=O) groups excluding carboxylic acids is 1. The first-order valence-corrected chi connectivity index (χ1v) is 9.92. The summed E-state index contributed by atoms with van der Waals surface area (Å²) in [6.07, 6.45) is 2.89. The van der Waals surface area contributed by atoms with Crippen LogP contribution < -0.4 is 4.72 Å². The molecule has 2 aromatic carbocycles. The van der Waals surface area contributed by atoms with Crippen molar-refractivity contribution in [2.45, 2.75) is 0 Å². The predicted octanol–water partition coefficient (Wildman–Crippen LogP) is 4.60. The number of aromatic amines is 1. The maximum absolute atomic E-state index is 14.7. The Morgan fingerprint density at radius 2 is 1.87 bits per heavy atom. The summed E-state index contributed by atoms with van der Waals surface area (Å²) in [4.78, 5) is 20.0. The second-order valence-corrected chi connectivity index (χ2v) is 7.39. The van der Waals surface area contributed by atoms with Crippen LogP contribution in [0.15, 0.2) is 54.9 Å². The fraction of sp³-hybridized carbons (Fsp3) is 0. The van der Waals surface area contributed by atoms with Gasteiger partial charge in [-0.05, 0) is 35.9 Å². The lowest BCUT2D eigenvalue weighted by atomic mass is 10.00. The number of rotatable bonds is 5. The number of anilines is 1. The molecule has 0 radical (unpaired) electrons. The number of carbonyl (C=O) groups is 1. The Hall–Kier alpha value is -3.14. The van der Waals surface area contributed by atoms with Crippen LogP contribution in [0.2, 0.25) is 5.02 Å². The zero-order valence-corrected chi connectivity index (χ0v) is 16.5. The van der Waals surface area contributed by atoms with E-state index in [1.165, 1.54) is 6.20 Å². The minimum atomic E-state index is -2.84. The molecule has 10 heteroatoms. The number of halogens is 3. The number of nitrogens with zero attached hydrogens (tertiary/aromatic N) is 1. The molecule has 0 bridgehead atoms. The fourth-order valence-corrected chi connectivity index (χ4v) is 3.52. The number of hydrogen-bond acceptors (Lipinski definition) is 4. The number of hydrogen-bond donors (Lipinski definition) is 2. The minimum absolute atomic E-state index is 0.00786. The second kappa shape index (κ2) is 7.94. The summed E-state index contributed by atoms with van der Waals surface area (Å²) in [5.74, 6) is -3.37. The highest BCUT2D eigenvalue weighted by molar-refractivity contribution is 7.80. The van der Waals surface area contributed by atoms with E-state index in [-0.39, 0.29) is 5.56 Å². The number of benzene rings is 2. The molecule has 30 heavy (non-hydrogen) atoms. The van der Waals surface area contributed by atoms with E-state index >= 15 is 0 Å². The first-order chi connectivity index (χ1) is 14.3. The van der Waals surface area contributed by atoms with Crippen molar-refractivity contribution in [2.75, 3.05) is 4.72 Å². The van der Waals surface area contributed by atoms with Crippen LogP contribution in [-0.2, 0) is 11.3 Å². The lowest BCUT2D eigenvalue weighted by Crippen LogP contribution is -2.11. The smallest absolute Gasteiger partial charge is 0.201 e. The van der Waals surface area contributed by atoms with Crippen LogP contribution in [-0.4, -0.2) is 24.5 Å². The Morgan fingerprint density at radius 1 is 1.13 bits per heavy atom. The van der Waals surface area contributed by atoms with E-state index in [0.29, 0.717) is 21.6 Å². The Bertz CT molecular complexity index is 1310. The van der Waals surface area contributed by atoms with Crippen molar-refractivity contribution in [3.05, 3.63) is 82.6 Å². The summed E-state index contributed by atoms with van der Waals surface area (Å²) in [7, 11) is 0. The van der Waals surface area contributed by atoms with E-state index in [0.717, 1.165) is 17.7 Å². The molecule has 2 aromatic heterocycles. The van der Waals surface area contributed by atoms with Gasteiger partial charge in [0.2, 0.25) is 5.78 Å². The van der Waals surface area contributed by atoms with Gasteiger partial charge in [0, 0.05) is 45.2 Å². The summed E-state index contributed by atoms with van der Waals surface area (Å²) >= 11 is 3.07. The number of ketones is 1. The van der Waals surface area contributed by atoms with Gasteiger partial charge in [-0.1, -0.05) is 23.7 Å². The van der Waals surface area contributed by atoms with E-state index in [1.807, 2.05) is 0 Å². The lowest BCUT2D eigenvalue weighted by molar-refractivity contribution is 0.103. The van der Waals surface area contributed by atoms with Gasteiger partial charge < -0.3 is 14.3 Å². The largest absolute Gasteiger partial charge is 0.755 e. The Morgan fingerprint density at radius 3 is 2.57 bits per heavy atom. The number of aromatic nitrogens is 2. The molecular weight excluding hydrogens is 436 g/mol. The summed E-state index contributed by atoms with van der Waals surface area (Å²) in [6.45, 7) is 0. The molecule has 0 aliphatic heterocycles. The van der Waals surface area contributed by atoms with Gasteiger partial charge in [0.15, 0.2) is 5.82 Å². The minimum Gasteiger partial charge on any atom is -0.755 e. The van der Waals surface area contributed by atoms with Gasteiger partial charge in [0.1, 0.15) is 11.5 Å². The molecule has 2 N–H and O–H groups in total. The SMILES string of the molecule is O=C(c1c(F)ccc(NS(=O)[O-])c1F)c1c[nH]c2ncc(-c3ccc(Cl)cc3)cc12. The van der Waals surface area contributed by atoms with Crippen molar-refractivity contribution in [1.29, 1.82) is 0 Å². The van der Waals surface area contributed by atoms with E-state index < -0.39 is 39.9 Å². The van der Waals surface area contributed by atoms with E-state index in [4.69, 9.17) is 11.6 Å². The molecule has 6 nitrogen and oxygen atoms in total. The second-order valence-electron chi connectivity index (χ2n) is 6.28. The quantitative estimate of drug-likeness (QED) is 0.346. The molecule has 0 aliphatic carbocycles. The summed E-state index contributed by atoms with van der Waals surface area (Å²) in [5, 5.41) is 0.917. The molecule has 0 spiro atoms. The molecule has 0 saturated carbocycles. The molecule has 4 rings (SSSR count). The van der Waals surface area contributed by atoms with Crippen LogP contribution in [0.3, 0.4) is 0 Å². The van der Waals surface area contributed by atoms with Gasteiger partial charge in [0.25, 0.3) is 0 Å². The van der Waals surface area contributed by atoms with Gasteiger partial charge >= 0.3 is 0 Å². The number of fused-ring (bicyclic) bond motifs is 1. The van der Waals surface area contributed by atoms with Crippen molar-refractivity contribution >= 4 is 45.4 Å². The molecule has 1 atom stereocenters. The molecule has 152 valence electrons. The average molecular weight is 447 g/mol. The number of nitrogens with one attached hydrogen (secondary N) is 2. The molecule has 0 fully saturated rings. The normalized spacial score (nSPS) is 12.1. The third-order valence-electron chi connectivity index (χ3n) is 4.46. The first kappa shape index (κ1) is 20.1. The predicted molar refractivity (Wildman–Crippen MR) is 109 cm³/mol. The molecule has 2 heterocycles. The van der Waals surface area contributed by atoms with E-state index in [9.17, 15) is 22.3 Å². The van der Waals surface area contributed by atoms with E-state index in [2.05, 4.69) is 9.97 Å². The van der Waals surface area contributed by atoms with Crippen molar-refractivity contribution < 1.29 is 22.3 Å². The molecule has 4 aromatic rings. The van der Waals surface area contributed by atoms with Crippen LogP contribution in [0.1, 0.15) is 15.9 Å². The molecule has 0 amide bonds. The maximum Gasteiger partial charge on any atom is 0.201 e. The maximum atomic E-state index is 14.7. The summed E-state index contributed by atoms with van der Waals surface area (Å²) < 4.78 is 52.4. The van der Waals surface area contributed by atoms with Crippen molar-refractivity contribution in [3.63, 3.8) is 0 Å². The first-order valence-electron chi connectivity index (χ1n) is 8.47. The van der Waals surface area contributed by atoms with Crippen molar-refractivity contribution in [2.24, 2.45) is 0 Å². The Labute approximate surface area is 176 Å². The van der Waals surface area contributed by atoms with Gasteiger partial charge in [-0.25, -0.2) is 13.8 Å². The monoisotopic (exact) mass is 446 g/mol. The lowest BCUT2D eigenvalue weighted by Gasteiger charge is -2.12. The van der Waals surface area contributed by atoms with Crippen molar-refractivity contribution in [1.82, 2.24) is 9.97 Å². The van der Waals surface area contributed by atoms with Gasteiger partial charge in [-0.15, -0.1) is 0 Å². The number of pyridine rings is 1. The third kappa shape index (κ3) is 3.70. The van der Waals surface area contributed by atoms with Gasteiger partial charge in [0.05, 0.1) is 11.3 Å². The van der Waals surface area contributed by atoms with Crippen LogP contribution >= 0.6 is 11.6 Å². The zero-order valence-electron chi connectivity index (χ0n) is 14.9. The zero-order chi connectivity index (χ0) is 21.4. The standard InChI is InChI=1S/C20H12ClF2N3O3S/c21-12-3-1-10(2-4-12)11-7-13-14(9-25-20(13)24-8-11)19(27)17-15(22)5-6-16(18(17)23)26-30(28)29/h1-9,26H,(H,24,25)(H,28,29)/p-1. The highest BCUT2D eigenvalue weighted by atomic mass is 35.5. The van der Waals surface area contributed by atoms with Crippen LogP contribution in [0.5, 0.6) is 0 Å². The van der Waals surface area contributed by atoms with E-state index in [1.54, 1.807) is 41.3 Å². The van der Waals surface area contributed by atoms with Crippen LogP contribution in [0.25, 0.3) is 22.2 Å². The highest BCUT2D eigenvalue weighted by Gasteiger charge is 2.24. The molecule has 0 aliphatic rings. The Balaban J connectivity index is 1.82. The molecular formula is C20H11ClF2N3O3S-.